The van der Waals surface area contributed by atoms with Gasteiger partial charge in [0, 0.05) is 23.2 Å². The first-order chi connectivity index (χ1) is 17.3. The highest BCUT2D eigenvalue weighted by molar-refractivity contribution is 6.14. The van der Waals surface area contributed by atoms with E-state index in [0.29, 0.717) is 0 Å². The highest BCUT2D eigenvalue weighted by Crippen LogP contribution is 2.48. The van der Waals surface area contributed by atoms with Crippen LogP contribution in [0.2, 0.25) is 0 Å². The fourth-order valence-corrected chi connectivity index (χ4v) is 6.45. The summed E-state index contributed by atoms with van der Waals surface area (Å²) in [5.41, 5.74) is 14.9. The maximum absolute atomic E-state index is 5.02. The van der Waals surface area contributed by atoms with Gasteiger partial charge in [0.25, 0.3) is 0 Å². The Bertz CT molecular complexity index is 2070. The lowest BCUT2D eigenvalue weighted by atomic mass is 9.96. The molecule has 4 heteroatoms. The summed E-state index contributed by atoms with van der Waals surface area (Å²) >= 11 is 0. The van der Waals surface area contributed by atoms with Crippen LogP contribution in [0.25, 0.3) is 60.9 Å². The molecular weight excluding hydrogens is 428 g/mol. The molecule has 2 aliphatic carbocycles. The van der Waals surface area contributed by atoms with Crippen molar-refractivity contribution in [1.82, 2.24) is 19.4 Å². The van der Waals surface area contributed by atoms with Gasteiger partial charge in [0.1, 0.15) is 16.8 Å². The molecule has 0 amide bonds. The minimum atomic E-state index is 0.851. The van der Waals surface area contributed by atoms with Crippen LogP contribution in [-0.2, 0) is 12.8 Å². The van der Waals surface area contributed by atoms with E-state index in [4.69, 9.17) is 9.97 Å². The van der Waals surface area contributed by atoms with Crippen molar-refractivity contribution in [2.75, 3.05) is 0 Å². The first kappa shape index (κ1) is 17.8. The van der Waals surface area contributed by atoms with Crippen molar-refractivity contribution in [2.45, 2.75) is 12.8 Å². The first-order valence-corrected chi connectivity index (χ1v) is 12.0. The van der Waals surface area contributed by atoms with Crippen LogP contribution in [0.1, 0.15) is 22.3 Å². The van der Waals surface area contributed by atoms with Crippen molar-refractivity contribution >= 4 is 38.6 Å². The fourth-order valence-electron chi connectivity index (χ4n) is 6.45. The first-order valence-electron chi connectivity index (χ1n) is 12.0. The van der Waals surface area contributed by atoms with Crippen LogP contribution in [-0.4, -0.2) is 19.4 Å². The molecule has 0 atom stereocenters. The van der Waals surface area contributed by atoms with Crippen LogP contribution in [0.15, 0.2) is 85.2 Å². The van der Waals surface area contributed by atoms with Gasteiger partial charge >= 0.3 is 0 Å². The maximum Gasteiger partial charge on any atom is 0.166 e. The number of pyridine rings is 3. The van der Waals surface area contributed by atoms with Crippen molar-refractivity contribution in [2.24, 2.45) is 0 Å². The van der Waals surface area contributed by atoms with Gasteiger partial charge in [0.05, 0.1) is 0 Å². The van der Waals surface area contributed by atoms with Crippen LogP contribution < -0.4 is 0 Å². The summed E-state index contributed by atoms with van der Waals surface area (Å²) in [6, 6.07) is 26.4. The van der Waals surface area contributed by atoms with Gasteiger partial charge in [0.15, 0.2) is 5.65 Å². The molecule has 0 N–H and O–H groups in total. The zero-order valence-electron chi connectivity index (χ0n) is 18.8. The average Bonchev–Trinajstić information content (AvgIpc) is 3.59. The highest BCUT2D eigenvalue weighted by Gasteiger charge is 2.28. The standard InChI is InChI=1S/C31H18N4/c1-2-6-19-17(5-1)13-24-20(19)9-10-21-23-16-27-26(15-18(23)14-25(21)24)22-7-3-11-32-29(22)35-30(27)34-28-8-4-12-33-31(28)35/h1-12,15-16H,13-14H2. The maximum atomic E-state index is 5.02. The highest BCUT2D eigenvalue weighted by atomic mass is 15.1. The van der Waals surface area contributed by atoms with Crippen LogP contribution in [0.5, 0.6) is 0 Å². The van der Waals surface area contributed by atoms with E-state index in [1.54, 1.807) is 0 Å². The number of imidazole rings is 1. The lowest BCUT2D eigenvalue weighted by Crippen LogP contribution is -1.95. The molecule has 0 fully saturated rings. The molecule has 3 aromatic carbocycles. The topological polar surface area (TPSA) is 43.1 Å². The summed E-state index contributed by atoms with van der Waals surface area (Å²) in [6.45, 7) is 0. The zero-order valence-corrected chi connectivity index (χ0v) is 18.8. The number of nitrogens with zero attached hydrogens (tertiary/aromatic N) is 4. The second-order valence-corrected chi connectivity index (χ2v) is 9.67. The van der Waals surface area contributed by atoms with E-state index in [1.165, 1.54) is 49.9 Å². The molecular formula is C31H18N4. The van der Waals surface area contributed by atoms with Gasteiger partial charge in [0.2, 0.25) is 0 Å². The second kappa shape index (κ2) is 6.10. The van der Waals surface area contributed by atoms with Gasteiger partial charge < -0.3 is 0 Å². The van der Waals surface area contributed by atoms with Gasteiger partial charge in [-0.1, -0.05) is 36.4 Å². The monoisotopic (exact) mass is 446 g/mol. The Morgan fingerprint density at radius 1 is 0.543 bits per heavy atom. The van der Waals surface area contributed by atoms with Gasteiger partial charge in [-0.05, 0) is 99.1 Å². The van der Waals surface area contributed by atoms with Crippen molar-refractivity contribution < 1.29 is 0 Å². The summed E-state index contributed by atoms with van der Waals surface area (Å²) in [5.74, 6) is 0. The van der Waals surface area contributed by atoms with Gasteiger partial charge in [-0.3, -0.25) is 4.40 Å². The average molecular weight is 447 g/mol. The fraction of sp³-hybridized carbons (Fsp3) is 0.0645. The number of hydrogen-bond donors (Lipinski definition) is 0. The molecule has 4 heterocycles. The molecule has 7 aromatic rings. The van der Waals surface area contributed by atoms with Crippen molar-refractivity contribution in [3.63, 3.8) is 0 Å². The number of benzene rings is 3. The minimum Gasteiger partial charge on any atom is -0.260 e. The smallest absolute Gasteiger partial charge is 0.166 e. The van der Waals surface area contributed by atoms with Gasteiger partial charge in [-0.2, -0.15) is 0 Å². The normalized spacial score (nSPS) is 13.5. The van der Waals surface area contributed by atoms with Crippen molar-refractivity contribution in [3.05, 3.63) is 107 Å². The largest absolute Gasteiger partial charge is 0.260 e. The van der Waals surface area contributed by atoms with Gasteiger partial charge in [-0.15, -0.1) is 0 Å². The molecule has 0 radical (unpaired) electrons. The third kappa shape index (κ3) is 2.15. The van der Waals surface area contributed by atoms with E-state index in [2.05, 4.69) is 64.0 Å². The Morgan fingerprint density at radius 2 is 1.31 bits per heavy atom. The molecule has 0 bridgehead atoms. The molecule has 35 heavy (non-hydrogen) atoms. The molecule has 4 nitrogen and oxygen atoms in total. The molecule has 0 spiro atoms. The Hall–Kier alpha value is -4.57. The van der Waals surface area contributed by atoms with E-state index >= 15 is 0 Å². The summed E-state index contributed by atoms with van der Waals surface area (Å²) < 4.78 is 2.12. The quantitative estimate of drug-likeness (QED) is 0.243. The Morgan fingerprint density at radius 3 is 2.23 bits per heavy atom. The number of fused-ring (bicyclic) bond motifs is 15. The van der Waals surface area contributed by atoms with Crippen molar-refractivity contribution in [1.29, 1.82) is 0 Å². The third-order valence-electron chi connectivity index (χ3n) is 7.95. The summed E-state index contributed by atoms with van der Waals surface area (Å²) in [7, 11) is 0. The molecule has 9 rings (SSSR count). The predicted molar refractivity (Wildman–Crippen MR) is 140 cm³/mol. The van der Waals surface area contributed by atoms with E-state index in [-0.39, 0.29) is 0 Å². The zero-order chi connectivity index (χ0) is 22.7. The second-order valence-electron chi connectivity index (χ2n) is 9.67. The SMILES string of the molecule is c1ccc2c(c1)Cc1c-2ccc2c1Cc1cc3c4cccnc4n4c5ncccc5nc4c3cc1-2. The summed E-state index contributed by atoms with van der Waals surface area (Å²) in [4.78, 5) is 14.4. The Kier molecular flexibility index (Phi) is 3.11. The van der Waals surface area contributed by atoms with Crippen LogP contribution in [0.3, 0.4) is 0 Å². The molecule has 0 aliphatic heterocycles. The molecule has 0 saturated heterocycles. The predicted octanol–water partition coefficient (Wildman–Crippen LogP) is 6.73. The van der Waals surface area contributed by atoms with Crippen LogP contribution in [0.4, 0.5) is 0 Å². The Balaban J connectivity index is 1.38. The molecule has 2 aliphatic rings. The lowest BCUT2D eigenvalue weighted by molar-refractivity contribution is 1.16. The minimum absolute atomic E-state index is 0.851. The molecule has 0 saturated carbocycles. The summed E-state index contributed by atoms with van der Waals surface area (Å²) in [5, 5.41) is 3.50. The third-order valence-corrected chi connectivity index (χ3v) is 7.95. The van der Waals surface area contributed by atoms with E-state index in [1.807, 2.05) is 30.6 Å². The summed E-state index contributed by atoms with van der Waals surface area (Å²) in [6.07, 6.45) is 5.68. The van der Waals surface area contributed by atoms with E-state index in [0.717, 1.165) is 46.1 Å². The Labute approximate surface area is 200 Å². The van der Waals surface area contributed by atoms with Crippen molar-refractivity contribution in [3.8, 4) is 22.3 Å². The van der Waals surface area contributed by atoms with E-state index in [9.17, 15) is 0 Å². The lowest BCUT2D eigenvalue weighted by Gasteiger charge is -2.10. The number of hydrogen-bond acceptors (Lipinski definition) is 3. The van der Waals surface area contributed by atoms with Crippen LogP contribution >= 0.6 is 0 Å². The molecule has 0 unspecified atom stereocenters. The van der Waals surface area contributed by atoms with E-state index < -0.39 is 0 Å². The van der Waals surface area contributed by atoms with Gasteiger partial charge in [-0.25, -0.2) is 15.0 Å². The molecule has 162 valence electrons. The van der Waals surface area contributed by atoms with Crippen LogP contribution in [0, 0.1) is 0 Å². The number of rotatable bonds is 0. The molecule has 4 aromatic heterocycles. The number of aromatic nitrogens is 4.